The van der Waals surface area contributed by atoms with Crippen molar-refractivity contribution >= 4 is 29.3 Å². The Bertz CT molecular complexity index is 1040. The third-order valence-electron chi connectivity index (χ3n) is 6.89. The van der Waals surface area contributed by atoms with Gasteiger partial charge < -0.3 is 10.2 Å². The number of anilines is 3. The first-order chi connectivity index (χ1) is 15.7. The zero-order valence-corrected chi connectivity index (χ0v) is 20.3. The zero-order valence-electron chi connectivity index (χ0n) is 20.3. The van der Waals surface area contributed by atoms with Crippen LogP contribution in [-0.4, -0.2) is 64.3 Å². The Labute approximate surface area is 196 Å². The molecule has 3 heterocycles. The van der Waals surface area contributed by atoms with Gasteiger partial charge in [-0.3, -0.25) is 19.4 Å². The van der Waals surface area contributed by atoms with Gasteiger partial charge in [0.05, 0.1) is 5.41 Å². The predicted molar refractivity (Wildman–Crippen MR) is 130 cm³/mol. The number of nitrogens with zero attached hydrogens (tertiary/aromatic N) is 5. The number of fused-ring (bicyclic) bond motifs is 1. The Morgan fingerprint density at radius 1 is 1.12 bits per heavy atom. The smallest absolute Gasteiger partial charge is 0.238 e. The zero-order chi connectivity index (χ0) is 23.8. The normalized spacial score (nSPS) is 19.4. The van der Waals surface area contributed by atoms with Gasteiger partial charge in [-0.2, -0.15) is 4.98 Å². The van der Waals surface area contributed by atoms with E-state index in [-0.39, 0.29) is 17.9 Å². The van der Waals surface area contributed by atoms with Crippen LogP contribution in [0.4, 0.5) is 17.5 Å². The molecule has 0 unspecified atom stereocenters. The largest absolute Gasteiger partial charge is 0.344 e. The molecular formula is C25H34N6O2. The standard InChI is InChI=1S/C25H34N6O2/c1-6-17(2)31-22-20(25(3,4)23(31)33)15-26-24(28-22)27-19-9-7-18(8-10-19)16-30-12-11-21(32)29(5)13-14-30/h7-10,15,17H,6,11-14,16H2,1-5H3,(H,26,27,28)/t17-/m0/s1. The van der Waals surface area contributed by atoms with Crippen LogP contribution < -0.4 is 10.2 Å². The molecule has 4 rings (SSSR count). The number of benzene rings is 1. The number of carbonyl (C=O) groups is 2. The molecular weight excluding hydrogens is 416 g/mol. The minimum Gasteiger partial charge on any atom is -0.344 e. The van der Waals surface area contributed by atoms with Crippen molar-refractivity contribution in [1.82, 2.24) is 19.8 Å². The van der Waals surface area contributed by atoms with Gasteiger partial charge in [-0.05, 0) is 44.9 Å². The van der Waals surface area contributed by atoms with Crippen LogP contribution in [0.1, 0.15) is 51.7 Å². The Hall–Kier alpha value is -3.00. The van der Waals surface area contributed by atoms with Gasteiger partial charge in [-0.25, -0.2) is 4.98 Å². The highest BCUT2D eigenvalue weighted by atomic mass is 16.2. The Morgan fingerprint density at radius 2 is 1.85 bits per heavy atom. The molecule has 2 amide bonds. The Balaban J connectivity index is 1.46. The first kappa shape index (κ1) is 23.2. The molecule has 0 aliphatic carbocycles. The molecule has 1 aromatic heterocycles. The molecule has 1 N–H and O–H groups in total. The highest BCUT2D eigenvalue weighted by Crippen LogP contribution is 2.41. The molecule has 0 bridgehead atoms. The lowest BCUT2D eigenvalue weighted by atomic mass is 9.88. The molecule has 8 nitrogen and oxygen atoms in total. The monoisotopic (exact) mass is 450 g/mol. The van der Waals surface area contributed by atoms with E-state index in [9.17, 15) is 9.59 Å². The molecule has 33 heavy (non-hydrogen) atoms. The highest BCUT2D eigenvalue weighted by molar-refractivity contribution is 6.07. The van der Waals surface area contributed by atoms with E-state index in [0.29, 0.717) is 18.2 Å². The summed E-state index contributed by atoms with van der Waals surface area (Å²) >= 11 is 0. The van der Waals surface area contributed by atoms with E-state index in [1.54, 1.807) is 11.1 Å². The topological polar surface area (TPSA) is 81.7 Å². The number of amides is 2. The van der Waals surface area contributed by atoms with E-state index in [0.717, 1.165) is 43.9 Å². The minimum atomic E-state index is -0.619. The number of likely N-dealkylation sites (N-methyl/N-ethyl adjacent to an activating group) is 1. The van der Waals surface area contributed by atoms with Crippen LogP contribution in [0.2, 0.25) is 0 Å². The van der Waals surface area contributed by atoms with Crippen molar-refractivity contribution in [2.45, 2.75) is 58.5 Å². The third kappa shape index (κ3) is 4.57. The quantitative estimate of drug-likeness (QED) is 0.727. The fourth-order valence-corrected chi connectivity index (χ4v) is 4.37. The second-order valence-corrected chi connectivity index (χ2v) is 9.65. The van der Waals surface area contributed by atoms with Crippen LogP contribution in [0.5, 0.6) is 0 Å². The van der Waals surface area contributed by atoms with Crippen LogP contribution in [0.25, 0.3) is 0 Å². The number of carbonyl (C=O) groups excluding carboxylic acids is 2. The van der Waals surface area contributed by atoms with Gasteiger partial charge in [0, 0.05) is 63.1 Å². The fourth-order valence-electron chi connectivity index (χ4n) is 4.37. The summed E-state index contributed by atoms with van der Waals surface area (Å²) in [5.74, 6) is 1.47. The Morgan fingerprint density at radius 3 is 2.55 bits per heavy atom. The summed E-state index contributed by atoms with van der Waals surface area (Å²) in [5.41, 5.74) is 2.34. The average molecular weight is 451 g/mol. The SMILES string of the molecule is CC[C@H](C)N1C(=O)C(C)(C)c2cnc(Nc3ccc(CN4CCC(=O)N(C)CC4)cc3)nc21. The summed E-state index contributed by atoms with van der Waals surface area (Å²) in [5, 5.41) is 3.28. The van der Waals surface area contributed by atoms with Gasteiger partial charge in [0.1, 0.15) is 5.82 Å². The van der Waals surface area contributed by atoms with E-state index < -0.39 is 5.41 Å². The van der Waals surface area contributed by atoms with Gasteiger partial charge in [0.15, 0.2) is 0 Å². The molecule has 1 atom stereocenters. The number of aromatic nitrogens is 2. The predicted octanol–water partition coefficient (Wildman–Crippen LogP) is 3.31. The number of nitrogens with one attached hydrogen (secondary N) is 1. The molecule has 2 aliphatic heterocycles. The number of hydrogen-bond acceptors (Lipinski definition) is 6. The molecule has 8 heteroatoms. The summed E-state index contributed by atoms with van der Waals surface area (Å²) in [6, 6.07) is 8.29. The number of rotatable bonds is 6. The summed E-state index contributed by atoms with van der Waals surface area (Å²) in [4.78, 5) is 40.1. The van der Waals surface area contributed by atoms with Crippen molar-refractivity contribution < 1.29 is 9.59 Å². The van der Waals surface area contributed by atoms with Gasteiger partial charge in [-0.1, -0.05) is 19.1 Å². The maximum atomic E-state index is 13.0. The van der Waals surface area contributed by atoms with Crippen molar-refractivity contribution in [1.29, 1.82) is 0 Å². The van der Waals surface area contributed by atoms with Crippen LogP contribution >= 0.6 is 0 Å². The van der Waals surface area contributed by atoms with Gasteiger partial charge in [-0.15, -0.1) is 0 Å². The summed E-state index contributed by atoms with van der Waals surface area (Å²) in [6.45, 7) is 11.2. The molecule has 1 saturated heterocycles. The minimum absolute atomic E-state index is 0.0732. The van der Waals surface area contributed by atoms with Crippen molar-refractivity contribution in [3.05, 3.63) is 41.6 Å². The second-order valence-electron chi connectivity index (χ2n) is 9.65. The second kappa shape index (κ2) is 9.09. The molecule has 2 aliphatic rings. The lowest BCUT2D eigenvalue weighted by Gasteiger charge is -2.25. The van der Waals surface area contributed by atoms with E-state index in [1.165, 1.54) is 5.56 Å². The highest BCUT2D eigenvalue weighted by Gasteiger charge is 2.46. The first-order valence-corrected chi connectivity index (χ1v) is 11.7. The lowest BCUT2D eigenvalue weighted by molar-refractivity contribution is -0.129. The van der Waals surface area contributed by atoms with E-state index in [4.69, 9.17) is 4.98 Å². The molecule has 2 aromatic rings. The molecule has 0 saturated carbocycles. The molecule has 1 aromatic carbocycles. The van der Waals surface area contributed by atoms with Crippen LogP contribution in [-0.2, 0) is 21.5 Å². The Kier molecular flexibility index (Phi) is 6.38. The molecule has 0 spiro atoms. The molecule has 0 radical (unpaired) electrons. The van der Waals surface area contributed by atoms with Crippen molar-refractivity contribution in [2.24, 2.45) is 0 Å². The van der Waals surface area contributed by atoms with Crippen molar-refractivity contribution in [3.8, 4) is 0 Å². The molecule has 1 fully saturated rings. The van der Waals surface area contributed by atoms with E-state index in [2.05, 4.69) is 41.2 Å². The third-order valence-corrected chi connectivity index (χ3v) is 6.89. The first-order valence-electron chi connectivity index (χ1n) is 11.7. The van der Waals surface area contributed by atoms with Crippen LogP contribution in [0.15, 0.2) is 30.5 Å². The van der Waals surface area contributed by atoms with Crippen LogP contribution in [0, 0.1) is 0 Å². The van der Waals surface area contributed by atoms with Crippen molar-refractivity contribution in [3.63, 3.8) is 0 Å². The summed E-state index contributed by atoms with van der Waals surface area (Å²) in [6.07, 6.45) is 3.20. The van der Waals surface area contributed by atoms with Gasteiger partial charge in [0.25, 0.3) is 0 Å². The van der Waals surface area contributed by atoms with E-state index in [1.807, 2.05) is 37.9 Å². The maximum Gasteiger partial charge on any atom is 0.238 e. The van der Waals surface area contributed by atoms with Gasteiger partial charge >= 0.3 is 0 Å². The summed E-state index contributed by atoms with van der Waals surface area (Å²) in [7, 11) is 1.87. The number of hydrogen-bond donors (Lipinski definition) is 1. The summed E-state index contributed by atoms with van der Waals surface area (Å²) < 4.78 is 0. The maximum absolute atomic E-state index is 13.0. The fraction of sp³-hybridized carbons (Fsp3) is 0.520. The van der Waals surface area contributed by atoms with Crippen LogP contribution in [0.3, 0.4) is 0 Å². The van der Waals surface area contributed by atoms with E-state index >= 15 is 0 Å². The van der Waals surface area contributed by atoms with Crippen molar-refractivity contribution in [2.75, 3.05) is 36.9 Å². The molecule has 176 valence electrons. The van der Waals surface area contributed by atoms with Gasteiger partial charge in [0.2, 0.25) is 17.8 Å². The lowest BCUT2D eigenvalue weighted by Crippen LogP contribution is -2.41. The average Bonchev–Trinajstić information content (AvgIpc) is 2.88.